The van der Waals surface area contributed by atoms with Crippen molar-refractivity contribution in [3.8, 4) is 0 Å². The highest BCUT2D eigenvalue weighted by Gasteiger charge is 2.20. The summed E-state index contributed by atoms with van der Waals surface area (Å²) in [5.74, 6) is 1.89. The highest BCUT2D eigenvalue weighted by Crippen LogP contribution is 2.20. The molecule has 0 saturated carbocycles. The second kappa shape index (κ2) is 11.5. The van der Waals surface area contributed by atoms with Crippen LogP contribution in [0.5, 0.6) is 0 Å². The molecular weight excluding hydrogens is 403 g/mol. The Hall–Kier alpha value is -0.0800. The second-order valence-electron chi connectivity index (χ2n) is 6.62. The van der Waals surface area contributed by atoms with Crippen molar-refractivity contribution in [3.05, 3.63) is 0 Å². The average molecular weight is 438 g/mol. The van der Waals surface area contributed by atoms with Crippen LogP contribution in [0.25, 0.3) is 0 Å². The standard InChI is InChI=1S/C17H34N4O.HI/c1-3-18-17(21-13-8-16(22)9-14-21)19-10-5-15-6-11-20(4-2)12-7-15;/h15-16,22H,3-14H2,1-2H3,(H,18,19);1H. The summed E-state index contributed by atoms with van der Waals surface area (Å²) in [5, 5.41) is 13.0. The maximum atomic E-state index is 9.64. The molecule has 0 radical (unpaired) electrons. The van der Waals surface area contributed by atoms with E-state index in [4.69, 9.17) is 4.99 Å². The van der Waals surface area contributed by atoms with E-state index in [1.165, 1.54) is 38.9 Å². The fourth-order valence-corrected chi connectivity index (χ4v) is 3.45. The molecular formula is C17H35IN4O. The molecule has 0 aliphatic carbocycles. The molecule has 0 aromatic carbocycles. The number of aliphatic imine (C=N–C) groups is 1. The number of rotatable bonds is 5. The fraction of sp³-hybridized carbons (Fsp3) is 0.941. The van der Waals surface area contributed by atoms with E-state index in [1.807, 2.05) is 0 Å². The van der Waals surface area contributed by atoms with Crippen molar-refractivity contribution in [1.29, 1.82) is 0 Å². The molecule has 2 aliphatic heterocycles. The van der Waals surface area contributed by atoms with Gasteiger partial charge in [-0.05, 0) is 64.6 Å². The molecule has 2 saturated heterocycles. The number of aliphatic hydroxyl groups is 1. The normalized spacial score (nSPS) is 22.0. The van der Waals surface area contributed by atoms with Gasteiger partial charge in [0, 0.05) is 26.2 Å². The molecule has 0 spiro atoms. The van der Waals surface area contributed by atoms with Crippen molar-refractivity contribution in [2.45, 2.75) is 52.1 Å². The molecule has 0 aromatic rings. The quantitative estimate of drug-likeness (QED) is 0.393. The summed E-state index contributed by atoms with van der Waals surface area (Å²) >= 11 is 0. The SMILES string of the molecule is CCNC(=NCCC1CCN(CC)CC1)N1CCC(O)CC1.I. The van der Waals surface area contributed by atoms with E-state index in [9.17, 15) is 5.11 Å². The number of hydrogen-bond acceptors (Lipinski definition) is 3. The van der Waals surface area contributed by atoms with Crippen molar-refractivity contribution >= 4 is 29.9 Å². The average Bonchev–Trinajstić information content (AvgIpc) is 2.55. The molecule has 2 aliphatic rings. The van der Waals surface area contributed by atoms with E-state index in [1.54, 1.807) is 0 Å². The Balaban J connectivity index is 0.00000264. The number of likely N-dealkylation sites (tertiary alicyclic amines) is 2. The Morgan fingerprint density at radius 3 is 2.30 bits per heavy atom. The van der Waals surface area contributed by atoms with Gasteiger partial charge in [-0.25, -0.2) is 0 Å². The summed E-state index contributed by atoms with van der Waals surface area (Å²) in [6.45, 7) is 11.8. The van der Waals surface area contributed by atoms with Crippen molar-refractivity contribution < 1.29 is 5.11 Å². The number of aliphatic hydroxyl groups excluding tert-OH is 1. The summed E-state index contributed by atoms with van der Waals surface area (Å²) in [4.78, 5) is 9.68. The predicted octanol–water partition coefficient (Wildman–Crippen LogP) is 2.15. The maximum Gasteiger partial charge on any atom is 0.193 e. The first kappa shape index (κ1) is 21.0. The minimum Gasteiger partial charge on any atom is -0.393 e. The van der Waals surface area contributed by atoms with Gasteiger partial charge in [0.15, 0.2) is 5.96 Å². The highest BCUT2D eigenvalue weighted by atomic mass is 127. The molecule has 0 unspecified atom stereocenters. The monoisotopic (exact) mass is 438 g/mol. The summed E-state index contributed by atoms with van der Waals surface area (Å²) in [6.07, 6.45) is 5.47. The van der Waals surface area contributed by atoms with Crippen LogP contribution in [0.3, 0.4) is 0 Å². The van der Waals surface area contributed by atoms with E-state index in [2.05, 4.69) is 29.0 Å². The van der Waals surface area contributed by atoms with Crippen LogP contribution >= 0.6 is 24.0 Å². The first-order chi connectivity index (χ1) is 10.7. The molecule has 23 heavy (non-hydrogen) atoms. The fourth-order valence-electron chi connectivity index (χ4n) is 3.45. The second-order valence-corrected chi connectivity index (χ2v) is 6.62. The van der Waals surface area contributed by atoms with Crippen molar-refractivity contribution in [2.24, 2.45) is 10.9 Å². The number of piperidine rings is 2. The molecule has 0 atom stereocenters. The lowest BCUT2D eigenvalue weighted by atomic mass is 9.94. The lowest BCUT2D eigenvalue weighted by Crippen LogP contribution is -2.46. The van der Waals surface area contributed by atoms with Gasteiger partial charge in [-0.15, -0.1) is 24.0 Å². The molecule has 2 N–H and O–H groups in total. The largest absolute Gasteiger partial charge is 0.393 e. The van der Waals surface area contributed by atoms with Crippen LogP contribution in [0.4, 0.5) is 0 Å². The number of halogens is 1. The Morgan fingerprint density at radius 2 is 1.74 bits per heavy atom. The number of nitrogens with one attached hydrogen (secondary N) is 1. The van der Waals surface area contributed by atoms with E-state index >= 15 is 0 Å². The lowest BCUT2D eigenvalue weighted by molar-refractivity contribution is 0.108. The topological polar surface area (TPSA) is 51.1 Å². The summed E-state index contributed by atoms with van der Waals surface area (Å²) < 4.78 is 0. The van der Waals surface area contributed by atoms with E-state index in [0.717, 1.165) is 50.9 Å². The van der Waals surface area contributed by atoms with Gasteiger partial charge in [0.05, 0.1) is 6.10 Å². The molecule has 5 nitrogen and oxygen atoms in total. The van der Waals surface area contributed by atoms with E-state index in [-0.39, 0.29) is 30.1 Å². The minimum absolute atomic E-state index is 0. The van der Waals surface area contributed by atoms with Crippen molar-refractivity contribution in [3.63, 3.8) is 0 Å². The van der Waals surface area contributed by atoms with Crippen LogP contribution in [0.1, 0.15) is 46.0 Å². The Bertz CT molecular complexity index is 337. The van der Waals surface area contributed by atoms with Crippen molar-refractivity contribution in [2.75, 3.05) is 45.8 Å². The number of nitrogens with zero attached hydrogens (tertiary/aromatic N) is 3. The van der Waals surface area contributed by atoms with Gasteiger partial charge in [0.2, 0.25) is 0 Å². The zero-order valence-corrected chi connectivity index (χ0v) is 17.2. The lowest BCUT2D eigenvalue weighted by Gasteiger charge is -2.33. The van der Waals surface area contributed by atoms with Crippen LogP contribution in [0, 0.1) is 5.92 Å². The molecule has 2 fully saturated rings. The third-order valence-corrected chi connectivity index (χ3v) is 5.05. The van der Waals surface area contributed by atoms with Crippen LogP contribution in [0.2, 0.25) is 0 Å². The van der Waals surface area contributed by atoms with Gasteiger partial charge in [-0.3, -0.25) is 4.99 Å². The van der Waals surface area contributed by atoms with Crippen LogP contribution in [-0.2, 0) is 0 Å². The van der Waals surface area contributed by atoms with Gasteiger partial charge in [-0.1, -0.05) is 6.92 Å². The van der Waals surface area contributed by atoms with Crippen molar-refractivity contribution in [1.82, 2.24) is 15.1 Å². The summed E-state index contributed by atoms with van der Waals surface area (Å²) in [5.41, 5.74) is 0. The summed E-state index contributed by atoms with van der Waals surface area (Å²) in [7, 11) is 0. The molecule has 2 rings (SSSR count). The Morgan fingerprint density at radius 1 is 1.09 bits per heavy atom. The van der Waals surface area contributed by atoms with Crippen LogP contribution < -0.4 is 5.32 Å². The molecule has 136 valence electrons. The zero-order chi connectivity index (χ0) is 15.8. The van der Waals surface area contributed by atoms with Gasteiger partial charge in [0.25, 0.3) is 0 Å². The highest BCUT2D eigenvalue weighted by molar-refractivity contribution is 14.0. The van der Waals surface area contributed by atoms with Crippen LogP contribution in [-0.4, -0.2) is 72.8 Å². The number of guanidine groups is 1. The maximum absolute atomic E-state index is 9.64. The van der Waals surface area contributed by atoms with Gasteiger partial charge >= 0.3 is 0 Å². The summed E-state index contributed by atoms with van der Waals surface area (Å²) in [6, 6.07) is 0. The first-order valence-corrected chi connectivity index (χ1v) is 9.16. The Kier molecular flexibility index (Phi) is 10.5. The molecule has 6 heteroatoms. The van der Waals surface area contributed by atoms with Gasteiger partial charge < -0.3 is 20.2 Å². The smallest absolute Gasteiger partial charge is 0.193 e. The number of hydrogen-bond donors (Lipinski definition) is 2. The third kappa shape index (κ3) is 7.13. The van der Waals surface area contributed by atoms with Gasteiger partial charge in [-0.2, -0.15) is 0 Å². The minimum atomic E-state index is -0.122. The molecule has 0 bridgehead atoms. The van der Waals surface area contributed by atoms with Crippen LogP contribution in [0.15, 0.2) is 4.99 Å². The van der Waals surface area contributed by atoms with Gasteiger partial charge in [0.1, 0.15) is 0 Å². The van der Waals surface area contributed by atoms with E-state index in [0.29, 0.717) is 0 Å². The third-order valence-electron chi connectivity index (χ3n) is 5.05. The predicted molar refractivity (Wildman–Crippen MR) is 108 cm³/mol. The molecule has 0 aromatic heterocycles. The Labute approximate surface area is 158 Å². The van der Waals surface area contributed by atoms with E-state index < -0.39 is 0 Å². The molecule has 0 amide bonds. The first-order valence-electron chi connectivity index (χ1n) is 9.16. The molecule has 2 heterocycles. The zero-order valence-electron chi connectivity index (χ0n) is 14.8.